The Morgan fingerprint density at radius 2 is 1.89 bits per heavy atom. The van der Waals surface area contributed by atoms with Gasteiger partial charge in [0, 0.05) is 31.1 Å². The van der Waals surface area contributed by atoms with E-state index in [1.165, 1.54) is 11.1 Å². The van der Waals surface area contributed by atoms with Gasteiger partial charge in [0.1, 0.15) is 0 Å². The van der Waals surface area contributed by atoms with Gasteiger partial charge >= 0.3 is 0 Å². The van der Waals surface area contributed by atoms with Crippen LogP contribution in [0.25, 0.3) is 0 Å². The predicted octanol–water partition coefficient (Wildman–Crippen LogP) is 3.87. The predicted molar refractivity (Wildman–Crippen MR) is 114 cm³/mol. The highest BCUT2D eigenvalue weighted by Gasteiger charge is 2.19. The van der Waals surface area contributed by atoms with E-state index in [0.29, 0.717) is 17.1 Å². The normalized spacial score (nSPS) is 13.7. The van der Waals surface area contributed by atoms with Crippen LogP contribution in [0.3, 0.4) is 0 Å². The van der Waals surface area contributed by atoms with Gasteiger partial charge in [-0.05, 0) is 54.1 Å². The first-order valence-electron chi connectivity index (χ1n) is 9.13. The molecule has 0 saturated carbocycles. The van der Waals surface area contributed by atoms with E-state index in [-0.39, 0.29) is 5.91 Å². The topological polar surface area (TPSA) is 50.8 Å². The van der Waals surface area contributed by atoms with E-state index in [0.717, 1.165) is 42.4 Å². The summed E-state index contributed by atoms with van der Waals surface area (Å²) in [6.45, 7) is 3.12. The van der Waals surface area contributed by atoms with Crippen LogP contribution < -0.4 is 14.8 Å². The van der Waals surface area contributed by atoms with Crippen LogP contribution in [0.1, 0.15) is 21.5 Å². The first-order chi connectivity index (χ1) is 13.5. The number of nitrogens with zero attached hydrogens (tertiary/aromatic N) is 1. The van der Waals surface area contributed by atoms with E-state index in [1.807, 2.05) is 24.5 Å². The lowest BCUT2D eigenvalue weighted by molar-refractivity contribution is 0.0947. The zero-order valence-corrected chi connectivity index (χ0v) is 18.0. The summed E-state index contributed by atoms with van der Waals surface area (Å²) in [5.41, 5.74) is 3.05. The Morgan fingerprint density at radius 1 is 1.18 bits per heavy atom. The lowest BCUT2D eigenvalue weighted by atomic mass is 9.99. The zero-order valence-electron chi connectivity index (χ0n) is 16.4. The van der Waals surface area contributed by atoms with E-state index in [2.05, 4.69) is 16.3 Å². The number of methoxy groups -OCH3 is 2. The number of halogens is 1. The Labute approximate surface area is 175 Å². The van der Waals surface area contributed by atoms with Gasteiger partial charge in [-0.25, -0.2) is 0 Å². The Kier molecular flexibility index (Phi) is 7.10. The Hall–Kier alpha value is -1.89. The van der Waals surface area contributed by atoms with Crippen molar-refractivity contribution in [2.75, 3.05) is 40.1 Å². The van der Waals surface area contributed by atoms with Crippen LogP contribution in [0.5, 0.6) is 11.5 Å². The molecular formula is C21H25ClN2O3S. The molecule has 0 radical (unpaired) electrons. The number of amides is 1. The Balaban J connectivity index is 1.57. The van der Waals surface area contributed by atoms with Crippen LogP contribution >= 0.6 is 23.4 Å². The third kappa shape index (κ3) is 4.74. The minimum Gasteiger partial charge on any atom is -0.493 e. The molecule has 0 aliphatic carbocycles. The van der Waals surface area contributed by atoms with Crippen molar-refractivity contribution < 1.29 is 14.3 Å². The van der Waals surface area contributed by atoms with Crippen molar-refractivity contribution in [1.82, 2.24) is 10.2 Å². The average molecular weight is 421 g/mol. The van der Waals surface area contributed by atoms with Crippen molar-refractivity contribution in [1.29, 1.82) is 0 Å². The molecule has 2 aromatic carbocycles. The van der Waals surface area contributed by atoms with Crippen molar-refractivity contribution in [3.63, 3.8) is 0 Å². The lowest BCUT2D eigenvalue weighted by Gasteiger charge is -2.29. The number of thioether (sulfide) groups is 1. The summed E-state index contributed by atoms with van der Waals surface area (Å²) in [4.78, 5) is 15.8. The third-order valence-corrected chi connectivity index (χ3v) is 5.98. The monoisotopic (exact) mass is 420 g/mol. The van der Waals surface area contributed by atoms with Crippen LogP contribution in [0, 0.1) is 0 Å². The zero-order chi connectivity index (χ0) is 20.1. The van der Waals surface area contributed by atoms with Gasteiger partial charge < -0.3 is 14.8 Å². The van der Waals surface area contributed by atoms with Crippen molar-refractivity contribution in [2.24, 2.45) is 0 Å². The molecule has 0 bridgehead atoms. The number of carbonyl (C=O) groups is 1. The quantitative estimate of drug-likeness (QED) is 0.689. The summed E-state index contributed by atoms with van der Waals surface area (Å²) in [6, 6.07) is 9.63. The second kappa shape index (κ2) is 9.54. The summed E-state index contributed by atoms with van der Waals surface area (Å²) >= 11 is 7.77. The fourth-order valence-corrected chi connectivity index (χ4v) is 4.00. The van der Waals surface area contributed by atoms with Crippen LogP contribution in [-0.2, 0) is 13.0 Å². The number of hydrogen-bond acceptors (Lipinski definition) is 5. The number of nitrogens with one attached hydrogen (secondary N) is 1. The first-order valence-corrected chi connectivity index (χ1v) is 10.7. The van der Waals surface area contributed by atoms with Crippen molar-refractivity contribution >= 4 is 29.3 Å². The number of ether oxygens (including phenoxy) is 2. The molecule has 150 valence electrons. The maximum Gasteiger partial charge on any atom is 0.252 e. The molecule has 1 aliphatic rings. The molecule has 0 atom stereocenters. The maximum absolute atomic E-state index is 12.5. The molecular weight excluding hydrogens is 396 g/mol. The highest BCUT2D eigenvalue weighted by molar-refractivity contribution is 7.98. The fraction of sp³-hybridized carbons (Fsp3) is 0.381. The first kappa shape index (κ1) is 20.8. The molecule has 0 saturated heterocycles. The van der Waals surface area contributed by atoms with Crippen LogP contribution in [0.2, 0.25) is 5.02 Å². The molecule has 0 spiro atoms. The molecule has 7 heteroatoms. The molecule has 5 nitrogen and oxygen atoms in total. The fourth-order valence-electron chi connectivity index (χ4n) is 3.36. The number of benzene rings is 2. The molecule has 0 fully saturated rings. The van der Waals surface area contributed by atoms with Crippen LogP contribution in [-0.4, -0.2) is 50.9 Å². The van der Waals surface area contributed by atoms with E-state index in [4.69, 9.17) is 21.1 Å². The van der Waals surface area contributed by atoms with E-state index >= 15 is 0 Å². The molecule has 1 aliphatic heterocycles. The number of carbonyl (C=O) groups excluding carboxylic acids is 1. The lowest BCUT2D eigenvalue weighted by Crippen LogP contribution is -2.38. The number of rotatable bonds is 7. The minimum atomic E-state index is -0.135. The maximum atomic E-state index is 12.5. The summed E-state index contributed by atoms with van der Waals surface area (Å²) in [5.74, 6) is 1.38. The molecule has 2 aromatic rings. The van der Waals surface area contributed by atoms with E-state index in [9.17, 15) is 4.79 Å². The van der Waals surface area contributed by atoms with Crippen LogP contribution in [0.4, 0.5) is 0 Å². The van der Waals surface area contributed by atoms with Crippen LogP contribution in [0.15, 0.2) is 35.2 Å². The molecule has 3 rings (SSSR count). The van der Waals surface area contributed by atoms with Gasteiger partial charge in [-0.3, -0.25) is 9.69 Å². The molecule has 0 unspecified atom stereocenters. The second-order valence-electron chi connectivity index (χ2n) is 6.60. The van der Waals surface area contributed by atoms with E-state index in [1.54, 1.807) is 32.0 Å². The largest absolute Gasteiger partial charge is 0.493 e. The van der Waals surface area contributed by atoms with Gasteiger partial charge in [0.15, 0.2) is 11.5 Å². The number of hydrogen-bond donors (Lipinski definition) is 1. The molecule has 1 heterocycles. The SMILES string of the molecule is COc1cc2c(cc1OC)CN(CCNC(=O)c1cc(SC)ccc1Cl)CC2. The molecule has 1 N–H and O–H groups in total. The summed E-state index contributed by atoms with van der Waals surface area (Å²) < 4.78 is 10.8. The third-order valence-electron chi connectivity index (χ3n) is 4.93. The van der Waals surface area contributed by atoms with Gasteiger partial charge in [-0.15, -0.1) is 11.8 Å². The number of fused-ring (bicyclic) bond motifs is 1. The van der Waals surface area contributed by atoms with Crippen molar-refractivity contribution in [3.8, 4) is 11.5 Å². The standard InChI is InChI=1S/C21H25ClN2O3S/c1-26-19-10-14-6-8-24(13-15(14)11-20(19)27-2)9-7-23-21(25)17-12-16(28-3)4-5-18(17)22/h4-5,10-12H,6-9,13H2,1-3H3,(H,23,25). The van der Waals surface area contributed by atoms with Gasteiger partial charge in [-0.2, -0.15) is 0 Å². The summed E-state index contributed by atoms with van der Waals surface area (Å²) in [6.07, 6.45) is 2.93. The molecule has 28 heavy (non-hydrogen) atoms. The summed E-state index contributed by atoms with van der Waals surface area (Å²) in [5, 5.41) is 3.46. The van der Waals surface area contributed by atoms with Gasteiger partial charge in [0.05, 0.1) is 24.8 Å². The second-order valence-corrected chi connectivity index (χ2v) is 7.89. The van der Waals surface area contributed by atoms with Crippen molar-refractivity contribution in [3.05, 3.63) is 52.0 Å². The highest BCUT2D eigenvalue weighted by atomic mass is 35.5. The van der Waals surface area contributed by atoms with Gasteiger partial charge in [-0.1, -0.05) is 11.6 Å². The Bertz CT molecular complexity index is 860. The molecule has 0 aromatic heterocycles. The van der Waals surface area contributed by atoms with Gasteiger partial charge in [0.25, 0.3) is 5.91 Å². The van der Waals surface area contributed by atoms with Gasteiger partial charge in [0.2, 0.25) is 0 Å². The average Bonchev–Trinajstić information content (AvgIpc) is 2.72. The van der Waals surface area contributed by atoms with E-state index < -0.39 is 0 Å². The van der Waals surface area contributed by atoms with Crippen molar-refractivity contribution in [2.45, 2.75) is 17.9 Å². The smallest absolute Gasteiger partial charge is 0.252 e. The summed E-state index contributed by atoms with van der Waals surface area (Å²) in [7, 11) is 3.31. The molecule has 1 amide bonds. The highest BCUT2D eigenvalue weighted by Crippen LogP contribution is 2.33. The Morgan fingerprint density at radius 3 is 2.57 bits per heavy atom. The minimum absolute atomic E-state index is 0.135.